The largest absolute Gasteiger partial charge is 0.506 e. The fourth-order valence-corrected chi connectivity index (χ4v) is 2.42. The van der Waals surface area contributed by atoms with Crippen molar-refractivity contribution in [3.05, 3.63) is 57.5 Å². The zero-order valence-corrected chi connectivity index (χ0v) is 13.5. The number of anilines is 1. The molecule has 1 atom stereocenters. The number of methoxy groups -OCH3 is 1. The number of aromatic hydroxyl groups is 1. The topological polar surface area (TPSA) is 58.6 Å². The van der Waals surface area contributed by atoms with Crippen molar-refractivity contribution < 1.29 is 14.6 Å². The Bertz CT molecular complexity index is 663. The Morgan fingerprint density at radius 2 is 2.05 bits per heavy atom. The van der Waals surface area contributed by atoms with Crippen molar-refractivity contribution in [2.45, 2.75) is 6.04 Å². The van der Waals surface area contributed by atoms with E-state index in [1.54, 1.807) is 6.07 Å². The van der Waals surface area contributed by atoms with E-state index in [4.69, 9.17) is 16.3 Å². The molecule has 1 unspecified atom stereocenters. The minimum atomic E-state index is -0.730. The average Bonchev–Trinajstić information content (AvgIpc) is 2.48. The lowest BCUT2D eigenvalue weighted by Gasteiger charge is -2.19. The minimum absolute atomic E-state index is 0.0371. The molecule has 0 aromatic heterocycles. The predicted molar refractivity (Wildman–Crippen MR) is 85.6 cm³/mol. The molecular weight excluding hydrogens is 358 g/mol. The Morgan fingerprint density at radius 1 is 1.33 bits per heavy atom. The summed E-state index contributed by atoms with van der Waals surface area (Å²) in [5.74, 6) is -0.488. The van der Waals surface area contributed by atoms with Crippen LogP contribution in [0.4, 0.5) is 5.69 Å². The summed E-state index contributed by atoms with van der Waals surface area (Å²) < 4.78 is 5.65. The number of para-hydroxylation sites is 1. The predicted octanol–water partition coefficient (Wildman–Crippen LogP) is 4.13. The van der Waals surface area contributed by atoms with Gasteiger partial charge in [-0.1, -0.05) is 29.8 Å². The van der Waals surface area contributed by atoms with E-state index in [2.05, 4.69) is 21.2 Å². The minimum Gasteiger partial charge on any atom is -0.506 e. The Hall–Kier alpha value is -1.72. The van der Waals surface area contributed by atoms with E-state index in [1.165, 1.54) is 19.2 Å². The van der Waals surface area contributed by atoms with Crippen LogP contribution in [0.25, 0.3) is 0 Å². The molecule has 2 rings (SSSR count). The fraction of sp³-hybridized carbons (Fsp3) is 0.133. The highest BCUT2D eigenvalue weighted by Crippen LogP contribution is 2.31. The number of rotatable bonds is 4. The molecule has 2 aromatic rings. The molecule has 2 aromatic carbocycles. The van der Waals surface area contributed by atoms with Gasteiger partial charge in [0.25, 0.3) is 0 Å². The highest BCUT2D eigenvalue weighted by molar-refractivity contribution is 9.10. The molecule has 0 spiro atoms. The van der Waals surface area contributed by atoms with Crippen molar-refractivity contribution in [3.8, 4) is 5.75 Å². The Kier molecular flexibility index (Phi) is 5.09. The van der Waals surface area contributed by atoms with Crippen molar-refractivity contribution >= 4 is 39.2 Å². The lowest BCUT2D eigenvalue weighted by atomic mass is 10.1. The third kappa shape index (κ3) is 3.68. The molecule has 0 heterocycles. The van der Waals surface area contributed by atoms with Gasteiger partial charge >= 0.3 is 5.97 Å². The second kappa shape index (κ2) is 6.83. The van der Waals surface area contributed by atoms with E-state index in [-0.39, 0.29) is 10.8 Å². The number of halogens is 2. The van der Waals surface area contributed by atoms with Crippen LogP contribution in [0.5, 0.6) is 5.75 Å². The molecule has 6 heteroatoms. The van der Waals surface area contributed by atoms with Gasteiger partial charge in [0.1, 0.15) is 5.75 Å². The van der Waals surface area contributed by atoms with E-state index < -0.39 is 12.0 Å². The zero-order chi connectivity index (χ0) is 15.4. The van der Waals surface area contributed by atoms with Gasteiger partial charge in [-0.25, -0.2) is 4.79 Å². The molecule has 110 valence electrons. The first kappa shape index (κ1) is 15.7. The molecular formula is C15H13BrClNO3. The van der Waals surface area contributed by atoms with Gasteiger partial charge in [0.05, 0.1) is 12.1 Å². The van der Waals surface area contributed by atoms with E-state index in [0.29, 0.717) is 5.56 Å². The molecule has 2 N–H and O–H groups in total. The highest BCUT2D eigenvalue weighted by Gasteiger charge is 2.22. The van der Waals surface area contributed by atoms with E-state index in [1.807, 2.05) is 24.3 Å². The van der Waals surface area contributed by atoms with E-state index >= 15 is 0 Å². The second-order valence-corrected chi connectivity index (χ2v) is 5.55. The lowest BCUT2D eigenvalue weighted by Crippen LogP contribution is -2.22. The number of carbonyl (C=O) groups is 1. The Balaban J connectivity index is 2.37. The third-order valence-corrected chi connectivity index (χ3v) is 3.91. The second-order valence-electron chi connectivity index (χ2n) is 4.29. The van der Waals surface area contributed by atoms with Crippen LogP contribution < -0.4 is 5.32 Å². The third-order valence-electron chi connectivity index (χ3n) is 2.92. The number of hydrogen-bond donors (Lipinski definition) is 2. The first-order valence-electron chi connectivity index (χ1n) is 6.10. The van der Waals surface area contributed by atoms with Gasteiger partial charge in [0.2, 0.25) is 0 Å². The maximum absolute atomic E-state index is 12.0. The molecule has 0 fully saturated rings. The van der Waals surface area contributed by atoms with Crippen molar-refractivity contribution in [1.29, 1.82) is 0 Å². The number of phenolic OH excluding ortho intramolecular Hbond substituents is 1. The molecule has 21 heavy (non-hydrogen) atoms. The molecule has 0 saturated carbocycles. The summed E-state index contributed by atoms with van der Waals surface area (Å²) in [4.78, 5) is 12.0. The number of benzene rings is 2. The Labute approximate surface area is 135 Å². The first-order chi connectivity index (χ1) is 10.0. The highest BCUT2D eigenvalue weighted by atomic mass is 79.9. The van der Waals surface area contributed by atoms with Crippen molar-refractivity contribution in [2.75, 3.05) is 12.4 Å². The molecule has 0 aliphatic rings. The number of carbonyl (C=O) groups excluding carboxylic acids is 1. The Morgan fingerprint density at radius 3 is 2.67 bits per heavy atom. The van der Waals surface area contributed by atoms with Crippen LogP contribution in [0.1, 0.15) is 11.6 Å². The normalized spacial score (nSPS) is 11.8. The summed E-state index contributed by atoms with van der Waals surface area (Å²) in [5, 5.41) is 12.8. The van der Waals surface area contributed by atoms with Crippen LogP contribution in [0.2, 0.25) is 5.02 Å². The maximum atomic E-state index is 12.0. The monoisotopic (exact) mass is 369 g/mol. The van der Waals surface area contributed by atoms with E-state index in [9.17, 15) is 9.90 Å². The van der Waals surface area contributed by atoms with Crippen LogP contribution in [0, 0.1) is 0 Å². The quantitative estimate of drug-likeness (QED) is 0.794. The SMILES string of the molecule is COC(=O)C(Nc1ccccc1Br)c1ccc(O)c(Cl)c1. The summed E-state index contributed by atoms with van der Waals surface area (Å²) in [5.41, 5.74) is 1.34. The van der Waals surface area contributed by atoms with Gasteiger partial charge in [-0.2, -0.15) is 0 Å². The molecule has 0 aliphatic heterocycles. The zero-order valence-electron chi connectivity index (χ0n) is 11.1. The smallest absolute Gasteiger partial charge is 0.332 e. The summed E-state index contributed by atoms with van der Waals surface area (Å²) >= 11 is 9.31. The molecule has 0 amide bonds. The van der Waals surface area contributed by atoms with Gasteiger partial charge in [0, 0.05) is 10.2 Å². The summed E-state index contributed by atoms with van der Waals surface area (Å²) in [7, 11) is 1.32. The van der Waals surface area contributed by atoms with Crippen molar-refractivity contribution in [3.63, 3.8) is 0 Å². The first-order valence-corrected chi connectivity index (χ1v) is 7.27. The van der Waals surface area contributed by atoms with Crippen LogP contribution in [-0.4, -0.2) is 18.2 Å². The molecule has 0 saturated heterocycles. The summed E-state index contributed by atoms with van der Waals surface area (Å²) in [6, 6.07) is 11.3. The van der Waals surface area contributed by atoms with E-state index in [0.717, 1.165) is 10.2 Å². The van der Waals surface area contributed by atoms with Crippen molar-refractivity contribution in [1.82, 2.24) is 0 Å². The molecule has 0 aliphatic carbocycles. The molecule has 0 radical (unpaired) electrons. The molecule has 4 nitrogen and oxygen atoms in total. The number of hydrogen-bond acceptors (Lipinski definition) is 4. The number of ether oxygens (including phenoxy) is 1. The van der Waals surface area contributed by atoms with Gasteiger partial charge in [-0.3, -0.25) is 0 Å². The van der Waals surface area contributed by atoms with Crippen LogP contribution >= 0.6 is 27.5 Å². The maximum Gasteiger partial charge on any atom is 0.332 e. The van der Waals surface area contributed by atoms with Gasteiger partial charge in [-0.05, 0) is 45.8 Å². The molecule has 0 bridgehead atoms. The average molecular weight is 371 g/mol. The number of nitrogens with one attached hydrogen (secondary N) is 1. The summed E-state index contributed by atoms with van der Waals surface area (Å²) in [6.45, 7) is 0. The number of phenols is 1. The van der Waals surface area contributed by atoms with Gasteiger partial charge < -0.3 is 15.2 Å². The fourth-order valence-electron chi connectivity index (χ4n) is 1.83. The van der Waals surface area contributed by atoms with Crippen molar-refractivity contribution in [2.24, 2.45) is 0 Å². The number of esters is 1. The van der Waals surface area contributed by atoms with Gasteiger partial charge in [-0.15, -0.1) is 0 Å². The standard InChI is InChI=1S/C15H13BrClNO3/c1-21-15(20)14(9-6-7-13(19)11(17)8-9)18-12-5-3-2-4-10(12)16/h2-8,14,18-19H,1H3. The lowest BCUT2D eigenvalue weighted by molar-refractivity contribution is -0.141. The van der Waals surface area contributed by atoms with Gasteiger partial charge in [0.15, 0.2) is 6.04 Å². The summed E-state index contributed by atoms with van der Waals surface area (Å²) in [6.07, 6.45) is 0. The van der Waals surface area contributed by atoms with Crippen LogP contribution in [0.15, 0.2) is 46.9 Å². The van der Waals surface area contributed by atoms with Crippen LogP contribution in [0.3, 0.4) is 0 Å². The van der Waals surface area contributed by atoms with Crippen LogP contribution in [-0.2, 0) is 9.53 Å².